The van der Waals surface area contributed by atoms with Crippen LogP contribution >= 0.6 is 0 Å². The van der Waals surface area contributed by atoms with Crippen LogP contribution in [0.2, 0.25) is 0 Å². The lowest BCUT2D eigenvalue weighted by Crippen LogP contribution is -2.40. The van der Waals surface area contributed by atoms with Crippen LogP contribution in [0.5, 0.6) is 11.5 Å². The molecule has 0 fully saturated rings. The minimum atomic E-state index is -1.18. The van der Waals surface area contributed by atoms with Gasteiger partial charge in [0.1, 0.15) is 16.2 Å². The van der Waals surface area contributed by atoms with Gasteiger partial charge in [-0.1, -0.05) is 0 Å². The molecule has 1 aromatic carbocycles. The Hall–Kier alpha value is -0.910. The van der Waals surface area contributed by atoms with Gasteiger partial charge in [-0.15, -0.1) is 4.72 Å². The van der Waals surface area contributed by atoms with Crippen molar-refractivity contribution in [1.82, 2.24) is 4.72 Å². The molecule has 0 bridgehead atoms. The summed E-state index contributed by atoms with van der Waals surface area (Å²) >= 11 is -1.18. The highest BCUT2D eigenvalue weighted by Crippen LogP contribution is 2.29. The number of benzene rings is 1. The van der Waals surface area contributed by atoms with Gasteiger partial charge < -0.3 is 14.4 Å². The topological polar surface area (TPSA) is 64.5 Å². The molecule has 18 heavy (non-hydrogen) atoms. The normalized spacial score (nSPS) is 15.2. The second kappa shape index (κ2) is 5.82. The maximum atomic E-state index is 12.0. The number of hydrogen-bond acceptors (Lipinski definition) is 4. The maximum absolute atomic E-state index is 12.0. The van der Waals surface area contributed by atoms with Crippen LogP contribution in [0.15, 0.2) is 18.2 Å². The highest BCUT2D eigenvalue weighted by Gasteiger charge is 2.29. The number of phenolic OH excluding ortho intramolecular Hbond substituents is 1. The van der Waals surface area contributed by atoms with Crippen LogP contribution in [-0.2, 0) is 11.4 Å². The quantitative estimate of drug-likeness (QED) is 0.826. The first-order valence-electron chi connectivity index (χ1n) is 5.80. The molecule has 1 aromatic rings. The zero-order valence-electron chi connectivity index (χ0n) is 11.5. The Bertz CT molecular complexity index is 404. The van der Waals surface area contributed by atoms with E-state index in [1.807, 2.05) is 27.7 Å². The van der Waals surface area contributed by atoms with E-state index >= 15 is 0 Å². The van der Waals surface area contributed by atoms with Crippen molar-refractivity contribution in [2.24, 2.45) is 0 Å². The molecule has 0 spiro atoms. The van der Waals surface area contributed by atoms with Gasteiger partial charge in [-0.05, 0) is 39.8 Å². The van der Waals surface area contributed by atoms with E-state index in [1.54, 1.807) is 25.3 Å². The first kappa shape index (κ1) is 15.1. The van der Waals surface area contributed by atoms with E-state index in [0.29, 0.717) is 11.3 Å². The fraction of sp³-hybridized carbons (Fsp3) is 0.538. The summed E-state index contributed by atoms with van der Waals surface area (Å²) in [6.07, 6.45) is 0. The van der Waals surface area contributed by atoms with E-state index < -0.39 is 11.4 Å². The SMILES string of the molecule is COc1ccc([C@H](C)N[S@@+]([O-])C(C)(C)C)c(O)c1. The molecule has 0 amide bonds. The minimum absolute atomic E-state index is 0.139. The van der Waals surface area contributed by atoms with Crippen molar-refractivity contribution >= 4 is 11.4 Å². The number of phenols is 1. The lowest BCUT2D eigenvalue weighted by atomic mass is 10.1. The fourth-order valence-electron chi connectivity index (χ4n) is 1.42. The standard InChI is InChI=1S/C13H21NO3S/c1-9(14-18(16)13(2,3)4)11-7-6-10(17-5)8-12(11)15/h6-9,14-15H,1-5H3/t9-,18-/m0/s1. The van der Waals surface area contributed by atoms with Crippen LogP contribution in [0.4, 0.5) is 0 Å². The predicted molar refractivity (Wildman–Crippen MR) is 74.1 cm³/mol. The first-order valence-corrected chi connectivity index (χ1v) is 6.95. The molecule has 0 saturated carbocycles. The molecule has 1 rings (SSSR count). The molecule has 0 unspecified atom stereocenters. The predicted octanol–water partition coefficient (Wildman–Crippen LogP) is 2.51. The maximum Gasteiger partial charge on any atom is 0.136 e. The highest BCUT2D eigenvalue weighted by molar-refractivity contribution is 7.90. The van der Waals surface area contributed by atoms with Crippen molar-refractivity contribution < 1.29 is 14.4 Å². The average molecular weight is 271 g/mol. The van der Waals surface area contributed by atoms with Crippen LogP contribution in [0.1, 0.15) is 39.3 Å². The van der Waals surface area contributed by atoms with Crippen LogP contribution in [-0.4, -0.2) is 21.5 Å². The Labute approximate surface area is 112 Å². The number of ether oxygens (including phenoxy) is 1. The number of aromatic hydroxyl groups is 1. The van der Waals surface area contributed by atoms with Crippen LogP contribution in [0, 0.1) is 0 Å². The molecular weight excluding hydrogens is 250 g/mol. The Morgan fingerprint density at radius 3 is 2.44 bits per heavy atom. The van der Waals surface area contributed by atoms with Crippen LogP contribution in [0.25, 0.3) is 0 Å². The summed E-state index contributed by atoms with van der Waals surface area (Å²) < 4.78 is 19.6. The first-order chi connectivity index (χ1) is 8.25. The Kier molecular flexibility index (Phi) is 4.90. The summed E-state index contributed by atoms with van der Waals surface area (Å²) in [6, 6.07) is 4.89. The van der Waals surface area contributed by atoms with Crippen molar-refractivity contribution in [3.05, 3.63) is 23.8 Å². The summed E-state index contributed by atoms with van der Waals surface area (Å²) in [4.78, 5) is 0. The molecule has 102 valence electrons. The van der Waals surface area contributed by atoms with E-state index in [1.165, 1.54) is 0 Å². The summed E-state index contributed by atoms with van der Waals surface area (Å²) in [5.41, 5.74) is 0.702. The van der Waals surface area contributed by atoms with Crippen molar-refractivity contribution in [3.8, 4) is 11.5 Å². The van der Waals surface area contributed by atoms with Crippen molar-refractivity contribution in [3.63, 3.8) is 0 Å². The number of rotatable bonds is 4. The molecule has 0 aromatic heterocycles. The third-order valence-electron chi connectivity index (χ3n) is 2.54. The average Bonchev–Trinajstić information content (AvgIpc) is 2.27. The minimum Gasteiger partial charge on any atom is -0.598 e. The van der Waals surface area contributed by atoms with E-state index in [-0.39, 0.29) is 16.5 Å². The molecule has 4 nitrogen and oxygen atoms in total. The summed E-state index contributed by atoms with van der Waals surface area (Å²) in [7, 11) is 1.55. The van der Waals surface area contributed by atoms with Gasteiger partial charge in [0, 0.05) is 23.0 Å². The van der Waals surface area contributed by atoms with Crippen molar-refractivity contribution in [2.75, 3.05) is 7.11 Å². The van der Waals surface area contributed by atoms with Gasteiger partial charge in [-0.25, -0.2) is 0 Å². The monoisotopic (exact) mass is 271 g/mol. The number of hydrogen-bond donors (Lipinski definition) is 2. The van der Waals surface area contributed by atoms with Crippen LogP contribution in [0.3, 0.4) is 0 Å². The molecule has 0 radical (unpaired) electrons. The van der Waals surface area contributed by atoms with E-state index in [0.717, 1.165) is 0 Å². The smallest absolute Gasteiger partial charge is 0.136 e. The van der Waals surface area contributed by atoms with E-state index in [9.17, 15) is 9.66 Å². The Balaban J connectivity index is 2.81. The van der Waals surface area contributed by atoms with Gasteiger partial charge in [-0.2, -0.15) is 0 Å². The molecule has 0 aliphatic rings. The van der Waals surface area contributed by atoms with Gasteiger partial charge in [0.25, 0.3) is 0 Å². The molecule has 0 aliphatic carbocycles. The molecule has 0 saturated heterocycles. The van der Waals surface area contributed by atoms with E-state index in [4.69, 9.17) is 4.74 Å². The van der Waals surface area contributed by atoms with Gasteiger partial charge in [-0.3, -0.25) is 0 Å². The third-order valence-corrected chi connectivity index (χ3v) is 4.22. The summed E-state index contributed by atoms with van der Waals surface area (Å²) in [5, 5.41) is 9.89. The zero-order chi connectivity index (χ0) is 13.9. The Morgan fingerprint density at radius 1 is 1.39 bits per heavy atom. The molecule has 2 atom stereocenters. The lowest BCUT2D eigenvalue weighted by Gasteiger charge is -2.26. The zero-order valence-corrected chi connectivity index (χ0v) is 12.3. The second-order valence-corrected chi connectivity index (χ2v) is 7.14. The molecule has 0 heterocycles. The van der Waals surface area contributed by atoms with Gasteiger partial charge in [0.15, 0.2) is 0 Å². The lowest BCUT2D eigenvalue weighted by molar-refractivity contribution is 0.405. The largest absolute Gasteiger partial charge is 0.598 e. The summed E-state index contributed by atoms with van der Waals surface area (Å²) in [6.45, 7) is 7.56. The van der Waals surface area contributed by atoms with Crippen molar-refractivity contribution in [2.45, 2.75) is 38.5 Å². The van der Waals surface area contributed by atoms with Gasteiger partial charge in [0.05, 0.1) is 13.2 Å². The fourth-order valence-corrected chi connectivity index (χ4v) is 2.22. The molecular formula is C13H21NO3S. The highest BCUT2D eigenvalue weighted by atomic mass is 32.2. The molecule has 5 heteroatoms. The van der Waals surface area contributed by atoms with E-state index in [2.05, 4.69) is 4.72 Å². The number of nitrogens with one attached hydrogen (secondary N) is 1. The van der Waals surface area contributed by atoms with Crippen molar-refractivity contribution in [1.29, 1.82) is 0 Å². The second-order valence-electron chi connectivity index (χ2n) is 5.15. The Morgan fingerprint density at radius 2 is 2.00 bits per heavy atom. The van der Waals surface area contributed by atoms with Gasteiger partial charge in [0.2, 0.25) is 0 Å². The molecule has 0 aliphatic heterocycles. The van der Waals surface area contributed by atoms with Gasteiger partial charge >= 0.3 is 0 Å². The molecule has 2 N–H and O–H groups in total. The summed E-state index contributed by atoms with van der Waals surface area (Å²) in [5.74, 6) is 0.737. The number of methoxy groups -OCH3 is 1. The van der Waals surface area contributed by atoms with Crippen LogP contribution < -0.4 is 9.46 Å². The third kappa shape index (κ3) is 3.80.